The fourth-order valence-corrected chi connectivity index (χ4v) is 2.04. The van der Waals surface area contributed by atoms with Crippen LogP contribution in [0.3, 0.4) is 0 Å². The number of nitrogens with one attached hydrogen (secondary N) is 1. The first kappa shape index (κ1) is 13.0. The summed E-state index contributed by atoms with van der Waals surface area (Å²) in [6, 6.07) is 4.84. The summed E-state index contributed by atoms with van der Waals surface area (Å²) >= 11 is 0. The summed E-state index contributed by atoms with van der Waals surface area (Å²) in [4.78, 5) is 28.7. The third kappa shape index (κ3) is 2.71. The zero-order valence-corrected chi connectivity index (χ0v) is 10.8. The van der Waals surface area contributed by atoms with Gasteiger partial charge in [0.25, 0.3) is 5.91 Å². The molecule has 1 fully saturated rings. The molecule has 0 bridgehead atoms. The second-order valence-electron chi connectivity index (χ2n) is 4.52. The number of hydrogen-bond donors (Lipinski definition) is 1. The number of amides is 2. The normalized spacial score (nSPS) is 19.2. The molecule has 1 saturated heterocycles. The van der Waals surface area contributed by atoms with E-state index >= 15 is 0 Å². The Labute approximate surface area is 111 Å². The van der Waals surface area contributed by atoms with E-state index in [1.165, 1.54) is 7.05 Å². The Bertz CT molecular complexity index is 576. The molecule has 2 amide bonds. The van der Waals surface area contributed by atoms with Crippen LogP contribution in [0.25, 0.3) is 0 Å². The summed E-state index contributed by atoms with van der Waals surface area (Å²) in [5.74, 6) is 0.0497. The molecule has 2 rings (SSSR count). The molecule has 2 heterocycles. The highest BCUT2D eigenvalue weighted by Crippen LogP contribution is 2.17. The zero-order chi connectivity index (χ0) is 14.0. The van der Waals surface area contributed by atoms with Crippen LogP contribution in [0.4, 0.5) is 5.82 Å². The van der Waals surface area contributed by atoms with Crippen molar-refractivity contribution in [2.45, 2.75) is 25.8 Å². The van der Waals surface area contributed by atoms with Crippen LogP contribution in [-0.2, 0) is 9.59 Å². The molecule has 6 nitrogen and oxygen atoms in total. The molecule has 1 aliphatic rings. The molecule has 0 aliphatic carbocycles. The molecule has 1 N–H and O–H groups in total. The Kier molecular flexibility index (Phi) is 3.47. The van der Waals surface area contributed by atoms with E-state index in [9.17, 15) is 9.59 Å². The van der Waals surface area contributed by atoms with Crippen molar-refractivity contribution in [3.05, 3.63) is 23.4 Å². The van der Waals surface area contributed by atoms with Gasteiger partial charge in [0.05, 0.1) is 11.6 Å². The van der Waals surface area contributed by atoms with Crippen molar-refractivity contribution < 1.29 is 9.59 Å². The summed E-state index contributed by atoms with van der Waals surface area (Å²) in [5, 5.41) is 11.9. The maximum Gasteiger partial charge on any atom is 0.251 e. The van der Waals surface area contributed by atoms with Crippen molar-refractivity contribution in [3.63, 3.8) is 0 Å². The average Bonchev–Trinajstić information content (AvgIpc) is 2.39. The van der Waals surface area contributed by atoms with E-state index in [0.717, 1.165) is 4.90 Å². The molecular formula is C13H14N4O2. The monoisotopic (exact) mass is 258 g/mol. The van der Waals surface area contributed by atoms with Gasteiger partial charge in [-0.1, -0.05) is 0 Å². The largest absolute Gasteiger partial charge is 0.358 e. The minimum absolute atomic E-state index is 0.169. The second kappa shape index (κ2) is 5.06. The standard InChI is InChI=1S/C13H14N4O2/c1-8-5-9(7-14)6-11(15-8)16-10-3-4-12(18)17(2)13(10)19/h5-6,10H,3-4H2,1-2H3,(H,15,16). The maximum atomic E-state index is 11.9. The number of pyridine rings is 1. The van der Waals surface area contributed by atoms with Crippen molar-refractivity contribution in [2.24, 2.45) is 0 Å². The van der Waals surface area contributed by atoms with Gasteiger partial charge in [0.15, 0.2) is 0 Å². The molecule has 6 heteroatoms. The Hall–Kier alpha value is -2.42. The number of rotatable bonds is 2. The summed E-state index contributed by atoms with van der Waals surface area (Å²) < 4.78 is 0. The molecule has 0 spiro atoms. The number of nitriles is 1. The molecule has 0 saturated carbocycles. The maximum absolute atomic E-state index is 11.9. The Morgan fingerprint density at radius 3 is 2.89 bits per heavy atom. The third-order valence-electron chi connectivity index (χ3n) is 3.05. The van der Waals surface area contributed by atoms with Crippen LogP contribution in [-0.4, -0.2) is 34.8 Å². The number of nitrogens with zero attached hydrogens (tertiary/aromatic N) is 3. The summed E-state index contributed by atoms with van der Waals surface area (Å²) in [6.45, 7) is 1.78. The average molecular weight is 258 g/mol. The smallest absolute Gasteiger partial charge is 0.251 e. The van der Waals surface area contributed by atoms with E-state index in [0.29, 0.717) is 29.9 Å². The minimum atomic E-state index is -0.469. The lowest BCUT2D eigenvalue weighted by atomic mass is 10.0. The molecule has 98 valence electrons. The minimum Gasteiger partial charge on any atom is -0.358 e. The van der Waals surface area contributed by atoms with Gasteiger partial charge in [0.2, 0.25) is 5.91 Å². The quantitative estimate of drug-likeness (QED) is 0.794. The molecule has 0 radical (unpaired) electrons. The Balaban J connectivity index is 2.18. The van der Waals surface area contributed by atoms with Crippen LogP contribution in [0, 0.1) is 18.3 Å². The Morgan fingerprint density at radius 2 is 2.21 bits per heavy atom. The fraction of sp³-hybridized carbons (Fsp3) is 0.385. The van der Waals surface area contributed by atoms with E-state index in [1.807, 2.05) is 6.07 Å². The van der Waals surface area contributed by atoms with Crippen LogP contribution >= 0.6 is 0 Å². The SMILES string of the molecule is Cc1cc(C#N)cc(NC2CCC(=O)N(C)C2=O)n1. The highest BCUT2D eigenvalue weighted by Gasteiger charge is 2.31. The lowest BCUT2D eigenvalue weighted by molar-refractivity contribution is -0.146. The number of likely N-dealkylation sites (tertiary alicyclic amines) is 1. The molecule has 1 aliphatic heterocycles. The zero-order valence-electron chi connectivity index (χ0n) is 10.8. The van der Waals surface area contributed by atoms with Gasteiger partial charge in [-0.3, -0.25) is 14.5 Å². The van der Waals surface area contributed by atoms with Gasteiger partial charge < -0.3 is 5.32 Å². The van der Waals surface area contributed by atoms with E-state index in [4.69, 9.17) is 5.26 Å². The molecular weight excluding hydrogens is 244 g/mol. The van der Waals surface area contributed by atoms with E-state index in [-0.39, 0.29) is 11.8 Å². The van der Waals surface area contributed by atoms with Crippen LogP contribution in [0.1, 0.15) is 24.1 Å². The van der Waals surface area contributed by atoms with E-state index < -0.39 is 6.04 Å². The number of aryl methyl sites for hydroxylation is 1. The summed E-state index contributed by atoms with van der Waals surface area (Å²) in [7, 11) is 1.48. The number of piperidine rings is 1. The molecule has 1 unspecified atom stereocenters. The van der Waals surface area contributed by atoms with Crippen LogP contribution in [0.5, 0.6) is 0 Å². The van der Waals surface area contributed by atoms with E-state index in [1.54, 1.807) is 19.1 Å². The molecule has 19 heavy (non-hydrogen) atoms. The van der Waals surface area contributed by atoms with E-state index in [2.05, 4.69) is 10.3 Å². The predicted octanol–water partition coefficient (Wildman–Crippen LogP) is 0.821. The van der Waals surface area contributed by atoms with Crippen LogP contribution < -0.4 is 5.32 Å². The Morgan fingerprint density at radius 1 is 1.47 bits per heavy atom. The van der Waals surface area contributed by atoms with Crippen LogP contribution in [0.2, 0.25) is 0 Å². The third-order valence-corrected chi connectivity index (χ3v) is 3.05. The van der Waals surface area contributed by atoms with Gasteiger partial charge in [-0.2, -0.15) is 5.26 Å². The summed E-state index contributed by atoms with van der Waals surface area (Å²) in [6.07, 6.45) is 0.774. The number of imide groups is 1. The number of carbonyl (C=O) groups excluding carboxylic acids is 2. The van der Waals surface area contributed by atoms with Gasteiger partial charge >= 0.3 is 0 Å². The summed E-state index contributed by atoms with van der Waals surface area (Å²) in [5.41, 5.74) is 1.19. The van der Waals surface area contributed by atoms with Gasteiger partial charge in [-0.05, 0) is 25.5 Å². The molecule has 1 atom stereocenters. The fourth-order valence-electron chi connectivity index (χ4n) is 2.04. The van der Waals surface area contributed by atoms with Gasteiger partial charge in [-0.15, -0.1) is 0 Å². The van der Waals surface area contributed by atoms with Gasteiger partial charge in [0, 0.05) is 19.2 Å². The lowest BCUT2D eigenvalue weighted by Crippen LogP contribution is -2.48. The number of aromatic nitrogens is 1. The predicted molar refractivity (Wildman–Crippen MR) is 68.1 cm³/mol. The van der Waals surface area contributed by atoms with Crippen molar-refractivity contribution in [2.75, 3.05) is 12.4 Å². The highest BCUT2D eigenvalue weighted by atomic mass is 16.2. The van der Waals surface area contributed by atoms with Gasteiger partial charge in [0.1, 0.15) is 11.9 Å². The number of likely N-dealkylation sites (N-methyl/N-ethyl adjacent to an activating group) is 1. The van der Waals surface area contributed by atoms with Gasteiger partial charge in [-0.25, -0.2) is 4.98 Å². The second-order valence-corrected chi connectivity index (χ2v) is 4.52. The highest BCUT2D eigenvalue weighted by molar-refractivity contribution is 6.01. The van der Waals surface area contributed by atoms with Crippen molar-refractivity contribution >= 4 is 17.6 Å². The number of hydrogen-bond acceptors (Lipinski definition) is 5. The van der Waals surface area contributed by atoms with Crippen molar-refractivity contribution in [1.29, 1.82) is 5.26 Å². The topological polar surface area (TPSA) is 86.1 Å². The van der Waals surface area contributed by atoms with Crippen molar-refractivity contribution in [3.8, 4) is 6.07 Å². The van der Waals surface area contributed by atoms with Crippen molar-refractivity contribution in [1.82, 2.24) is 9.88 Å². The molecule has 1 aromatic heterocycles. The first-order valence-corrected chi connectivity index (χ1v) is 5.97. The molecule has 1 aromatic rings. The lowest BCUT2D eigenvalue weighted by Gasteiger charge is -2.28. The molecule has 0 aromatic carbocycles. The van der Waals surface area contributed by atoms with Crippen LogP contribution in [0.15, 0.2) is 12.1 Å². The number of carbonyl (C=O) groups is 2. The number of anilines is 1. The first-order valence-electron chi connectivity index (χ1n) is 5.97. The first-order chi connectivity index (χ1) is 9.01.